The third kappa shape index (κ3) is 1.93. The number of fused-ring (bicyclic) bond motifs is 1. The van der Waals surface area contributed by atoms with E-state index >= 15 is 0 Å². The first-order chi connectivity index (χ1) is 9.09. The molecule has 0 aliphatic heterocycles. The van der Waals surface area contributed by atoms with E-state index in [4.69, 9.17) is 0 Å². The molecule has 0 aromatic heterocycles. The molecule has 0 fully saturated rings. The van der Waals surface area contributed by atoms with E-state index in [9.17, 15) is 0 Å². The van der Waals surface area contributed by atoms with Crippen LogP contribution in [0.15, 0.2) is 41.5 Å². The van der Waals surface area contributed by atoms with Gasteiger partial charge >= 0.3 is 0 Å². The van der Waals surface area contributed by atoms with Crippen LogP contribution < -0.4 is 0 Å². The average Bonchev–Trinajstić information content (AvgIpc) is 2.99. The Kier molecular flexibility index (Phi) is 3.02. The van der Waals surface area contributed by atoms with Gasteiger partial charge in [-0.2, -0.15) is 0 Å². The van der Waals surface area contributed by atoms with Crippen LogP contribution in [-0.4, -0.2) is 13.6 Å². The second kappa shape index (κ2) is 4.57. The summed E-state index contributed by atoms with van der Waals surface area (Å²) in [5.41, 5.74) is 8.83. The minimum atomic E-state index is -0.468. The van der Waals surface area contributed by atoms with E-state index in [-0.39, 0.29) is 0 Å². The van der Waals surface area contributed by atoms with E-state index in [2.05, 4.69) is 63.4 Å². The zero-order chi connectivity index (χ0) is 13.6. The van der Waals surface area contributed by atoms with E-state index < -0.39 is 8.41 Å². The van der Waals surface area contributed by atoms with Crippen LogP contribution in [0.5, 0.6) is 0 Å². The lowest BCUT2D eigenvalue weighted by Crippen LogP contribution is -2.14. The summed E-state index contributed by atoms with van der Waals surface area (Å²) in [6.45, 7) is 9.30. The van der Waals surface area contributed by atoms with Gasteiger partial charge in [0.1, 0.15) is 0 Å². The van der Waals surface area contributed by atoms with Crippen LogP contribution in [0.25, 0.3) is 6.08 Å². The fraction of sp³-hybridized carbons (Fsp3) is 0.278. The highest BCUT2D eigenvalue weighted by Gasteiger charge is 2.25. The fourth-order valence-electron chi connectivity index (χ4n) is 3.12. The summed E-state index contributed by atoms with van der Waals surface area (Å²) >= 11 is 0. The van der Waals surface area contributed by atoms with Crippen molar-refractivity contribution in [1.82, 2.24) is 0 Å². The third-order valence-electron chi connectivity index (χ3n) is 4.10. The molecule has 0 amide bonds. The minimum absolute atomic E-state index is 0.468. The summed E-state index contributed by atoms with van der Waals surface area (Å²) in [7, 11) is -0.468. The lowest BCUT2D eigenvalue weighted by atomic mass is 9.98. The Balaban J connectivity index is 2.25. The van der Waals surface area contributed by atoms with E-state index in [0.29, 0.717) is 0 Å². The summed E-state index contributed by atoms with van der Waals surface area (Å²) in [4.78, 5) is 0. The first-order valence-electron chi connectivity index (χ1n) is 6.96. The molecule has 0 heterocycles. The Hall–Kier alpha value is -1.47. The molecule has 3 rings (SSSR count). The SMILES string of the molecule is Cc1ccc(C)c2c1C=C(C1=CC=CC1)C2=[Si](C)C. The molecule has 1 aromatic carbocycles. The molecule has 0 atom stereocenters. The third-order valence-corrected chi connectivity index (χ3v) is 5.62. The van der Waals surface area contributed by atoms with Gasteiger partial charge in [-0.25, -0.2) is 0 Å². The van der Waals surface area contributed by atoms with Crippen LogP contribution in [0.4, 0.5) is 0 Å². The highest BCUT2D eigenvalue weighted by Crippen LogP contribution is 2.36. The summed E-state index contributed by atoms with van der Waals surface area (Å²) in [5.74, 6) is 0. The van der Waals surface area contributed by atoms with Gasteiger partial charge in [-0.05, 0) is 64.9 Å². The number of rotatable bonds is 1. The van der Waals surface area contributed by atoms with Crippen molar-refractivity contribution >= 4 is 19.7 Å². The van der Waals surface area contributed by atoms with Gasteiger partial charge < -0.3 is 0 Å². The number of hydrogen-bond donors (Lipinski definition) is 0. The van der Waals surface area contributed by atoms with Crippen molar-refractivity contribution in [2.24, 2.45) is 0 Å². The average molecular weight is 264 g/mol. The van der Waals surface area contributed by atoms with Crippen molar-refractivity contribution in [2.75, 3.05) is 0 Å². The molecule has 0 spiro atoms. The lowest BCUT2D eigenvalue weighted by molar-refractivity contribution is 1.32. The van der Waals surface area contributed by atoms with E-state index in [1.807, 2.05) is 0 Å². The van der Waals surface area contributed by atoms with Crippen LogP contribution in [0, 0.1) is 13.8 Å². The Morgan fingerprint density at radius 3 is 2.42 bits per heavy atom. The Morgan fingerprint density at radius 2 is 1.79 bits per heavy atom. The van der Waals surface area contributed by atoms with Crippen LogP contribution in [-0.2, 0) is 0 Å². The van der Waals surface area contributed by atoms with Crippen LogP contribution in [0.2, 0.25) is 13.1 Å². The van der Waals surface area contributed by atoms with E-state index in [0.717, 1.165) is 6.42 Å². The summed E-state index contributed by atoms with van der Waals surface area (Å²) in [5, 5.41) is 1.64. The van der Waals surface area contributed by atoms with Crippen LogP contribution in [0.1, 0.15) is 28.7 Å². The Labute approximate surface area is 117 Å². The zero-order valence-electron chi connectivity index (χ0n) is 12.2. The number of aryl methyl sites for hydroxylation is 2. The fourth-order valence-corrected chi connectivity index (χ4v) is 4.72. The molecule has 1 aromatic rings. The van der Waals surface area contributed by atoms with Gasteiger partial charge in [0.25, 0.3) is 0 Å². The number of allylic oxidation sites excluding steroid dienone is 5. The highest BCUT2D eigenvalue weighted by molar-refractivity contribution is 6.76. The van der Waals surface area contributed by atoms with Gasteiger partial charge in [-0.1, -0.05) is 43.5 Å². The summed E-state index contributed by atoms with van der Waals surface area (Å²) in [6, 6.07) is 4.53. The van der Waals surface area contributed by atoms with Gasteiger partial charge in [0, 0.05) is 8.41 Å². The van der Waals surface area contributed by atoms with Gasteiger partial charge in [0.15, 0.2) is 0 Å². The Bertz CT molecular complexity index is 678. The maximum atomic E-state index is 2.43. The first-order valence-corrected chi connectivity index (χ1v) is 9.46. The molecule has 0 unspecified atom stereocenters. The molecular formula is C18H20Si. The molecule has 0 nitrogen and oxygen atoms in total. The number of hydrogen-bond acceptors (Lipinski definition) is 0. The normalized spacial score (nSPS) is 16.5. The molecule has 2 aliphatic carbocycles. The first kappa shape index (κ1) is 12.6. The van der Waals surface area contributed by atoms with Crippen molar-refractivity contribution < 1.29 is 0 Å². The van der Waals surface area contributed by atoms with Crippen molar-refractivity contribution in [3.63, 3.8) is 0 Å². The maximum absolute atomic E-state index is 2.43. The molecule has 0 radical (unpaired) electrons. The minimum Gasteiger partial charge on any atom is -0.0801 e. The second-order valence-electron chi connectivity index (χ2n) is 5.75. The predicted molar refractivity (Wildman–Crippen MR) is 87.3 cm³/mol. The topological polar surface area (TPSA) is 0 Å². The monoisotopic (exact) mass is 264 g/mol. The number of benzene rings is 1. The molecule has 0 saturated heterocycles. The summed E-state index contributed by atoms with van der Waals surface area (Å²) < 4.78 is 0. The maximum Gasteiger partial charge on any atom is 0.0144 e. The molecule has 0 N–H and O–H groups in total. The largest absolute Gasteiger partial charge is 0.0801 e. The predicted octanol–water partition coefficient (Wildman–Crippen LogP) is 4.44. The lowest BCUT2D eigenvalue weighted by Gasteiger charge is -2.14. The quantitative estimate of drug-likeness (QED) is 0.658. The standard InChI is InChI=1S/C18H20Si/c1-12-9-10-13(2)17-15(12)11-16(18(17)19(3)4)14-7-5-6-8-14/h5-7,9-11H,8H2,1-4H3. The zero-order valence-corrected chi connectivity index (χ0v) is 13.2. The van der Waals surface area contributed by atoms with Crippen molar-refractivity contribution in [1.29, 1.82) is 0 Å². The molecule has 2 aliphatic rings. The summed E-state index contributed by atoms with van der Waals surface area (Å²) in [6.07, 6.45) is 10.3. The van der Waals surface area contributed by atoms with Crippen LogP contribution >= 0.6 is 0 Å². The molecule has 19 heavy (non-hydrogen) atoms. The highest BCUT2D eigenvalue weighted by atomic mass is 28.2. The molecule has 1 heteroatoms. The molecule has 0 saturated carbocycles. The smallest absolute Gasteiger partial charge is 0.0144 e. The van der Waals surface area contributed by atoms with Gasteiger partial charge in [0.2, 0.25) is 0 Å². The van der Waals surface area contributed by atoms with Crippen molar-refractivity contribution in [3.8, 4) is 0 Å². The van der Waals surface area contributed by atoms with Gasteiger partial charge in [-0.3, -0.25) is 0 Å². The van der Waals surface area contributed by atoms with Crippen LogP contribution in [0.3, 0.4) is 0 Å². The van der Waals surface area contributed by atoms with Crippen molar-refractivity contribution in [3.05, 3.63) is 63.8 Å². The van der Waals surface area contributed by atoms with Crippen molar-refractivity contribution in [2.45, 2.75) is 33.4 Å². The van der Waals surface area contributed by atoms with Gasteiger partial charge in [0.05, 0.1) is 0 Å². The molecular weight excluding hydrogens is 244 g/mol. The van der Waals surface area contributed by atoms with E-state index in [1.54, 1.807) is 5.17 Å². The Morgan fingerprint density at radius 1 is 1.05 bits per heavy atom. The molecule has 96 valence electrons. The van der Waals surface area contributed by atoms with E-state index in [1.165, 1.54) is 33.4 Å². The molecule has 0 bridgehead atoms. The van der Waals surface area contributed by atoms with Gasteiger partial charge in [-0.15, -0.1) is 0 Å². The second-order valence-corrected chi connectivity index (χ2v) is 8.25.